The van der Waals surface area contributed by atoms with Crippen LogP contribution in [0.4, 0.5) is 0 Å². The van der Waals surface area contributed by atoms with Crippen LogP contribution in [0.1, 0.15) is 95.2 Å². The highest BCUT2D eigenvalue weighted by Crippen LogP contribution is 2.65. The van der Waals surface area contributed by atoms with Gasteiger partial charge < -0.3 is 24.6 Å². The van der Waals surface area contributed by atoms with Crippen LogP contribution in [-0.4, -0.2) is 55.1 Å². The normalized spacial score (nSPS) is 32.6. The lowest BCUT2D eigenvalue weighted by molar-refractivity contribution is 0.0809. The molecule has 2 heterocycles. The lowest BCUT2D eigenvalue weighted by Gasteiger charge is -2.39. The molecule has 5 aliphatic rings. The number of ether oxygens (including phenoxy) is 3. The maximum atomic E-state index is 10.3. The second-order valence-corrected chi connectivity index (χ2v) is 15.4. The van der Waals surface area contributed by atoms with Gasteiger partial charge in [-0.3, -0.25) is 4.90 Å². The average molecular weight is 615 g/mol. The Morgan fingerprint density at radius 1 is 1.00 bits per heavy atom. The molecular weight excluding hydrogens is 560 g/mol. The van der Waals surface area contributed by atoms with Gasteiger partial charge in [0.25, 0.3) is 0 Å². The van der Waals surface area contributed by atoms with Crippen LogP contribution in [0.3, 0.4) is 0 Å². The molecule has 0 aromatic heterocycles. The smallest absolute Gasteiger partial charge is 0.166 e. The topological polar surface area (TPSA) is 63.2 Å². The van der Waals surface area contributed by atoms with E-state index < -0.39 is 6.10 Å². The molecule has 2 aliphatic heterocycles. The van der Waals surface area contributed by atoms with Crippen molar-refractivity contribution in [2.75, 3.05) is 26.8 Å². The highest BCUT2D eigenvalue weighted by molar-refractivity contribution is 5.61. The van der Waals surface area contributed by atoms with Gasteiger partial charge in [0.05, 0.1) is 25.2 Å². The van der Waals surface area contributed by atoms with Gasteiger partial charge in [0, 0.05) is 31.1 Å². The zero-order valence-electron chi connectivity index (χ0n) is 27.9. The molecule has 2 aromatic rings. The number of nitrogens with one attached hydrogen (secondary N) is 1. The van der Waals surface area contributed by atoms with Gasteiger partial charge in [-0.2, -0.15) is 0 Å². The van der Waals surface area contributed by atoms with Gasteiger partial charge in [-0.1, -0.05) is 64.0 Å². The molecule has 6 nitrogen and oxygen atoms in total. The first kappa shape index (κ1) is 31.1. The molecule has 2 bridgehead atoms. The molecule has 1 spiro atoms. The fourth-order valence-corrected chi connectivity index (χ4v) is 9.62. The van der Waals surface area contributed by atoms with Crippen molar-refractivity contribution in [1.82, 2.24) is 10.2 Å². The second-order valence-electron chi connectivity index (χ2n) is 15.4. The monoisotopic (exact) mass is 614 g/mol. The summed E-state index contributed by atoms with van der Waals surface area (Å²) in [6, 6.07) is 13.6. The zero-order valence-corrected chi connectivity index (χ0v) is 27.9. The molecule has 7 rings (SSSR count). The van der Waals surface area contributed by atoms with E-state index in [0.29, 0.717) is 23.3 Å². The van der Waals surface area contributed by atoms with Crippen molar-refractivity contribution in [2.45, 2.75) is 115 Å². The molecule has 0 radical (unpaired) electrons. The van der Waals surface area contributed by atoms with Gasteiger partial charge in [0.2, 0.25) is 0 Å². The summed E-state index contributed by atoms with van der Waals surface area (Å²) < 4.78 is 18.2. The third-order valence-corrected chi connectivity index (χ3v) is 12.9. The number of fused-ring (bicyclic) bond motifs is 2. The molecule has 6 heteroatoms. The number of hydrogen-bond acceptors (Lipinski definition) is 6. The van der Waals surface area contributed by atoms with E-state index in [1.807, 2.05) is 12.1 Å². The molecule has 2 N–H and O–H groups in total. The number of hydrogen-bond donors (Lipinski definition) is 2. The summed E-state index contributed by atoms with van der Waals surface area (Å²) in [5, 5.41) is 14.2. The van der Waals surface area contributed by atoms with Gasteiger partial charge in [0.15, 0.2) is 11.5 Å². The molecule has 244 valence electrons. The Hall–Kier alpha value is -2.54. The Morgan fingerprint density at radius 3 is 2.58 bits per heavy atom. The summed E-state index contributed by atoms with van der Waals surface area (Å²) in [4.78, 5) is 2.61. The van der Waals surface area contributed by atoms with E-state index in [4.69, 9.17) is 14.2 Å². The number of nitrogens with zero attached hydrogens (tertiary/aromatic N) is 1. The predicted octanol–water partition coefficient (Wildman–Crippen LogP) is 7.16. The number of rotatable bonds is 12. The number of benzene rings is 2. The van der Waals surface area contributed by atoms with E-state index in [1.165, 1.54) is 55.2 Å². The minimum absolute atomic E-state index is 0.0291. The van der Waals surface area contributed by atoms with Crippen LogP contribution < -0.4 is 19.5 Å². The third-order valence-electron chi connectivity index (χ3n) is 12.9. The molecule has 6 atom stereocenters. The summed E-state index contributed by atoms with van der Waals surface area (Å²) in [6.45, 7) is 12.3. The number of aliphatic hydroxyl groups is 1. The summed E-state index contributed by atoms with van der Waals surface area (Å²) in [6.07, 6.45) is 14.1. The largest absolute Gasteiger partial charge is 0.494 e. The first-order valence-corrected chi connectivity index (χ1v) is 17.7. The maximum absolute atomic E-state index is 10.3. The van der Waals surface area contributed by atoms with E-state index in [1.54, 1.807) is 7.11 Å². The third kappa shape index (κ3) is 5.49. The van der Waals surface area contributed by atoms with Gasteiger partial charge in [-0.05, 0) is 97.7 Å². The quantitative estimate of drug-likeness (QED) is 0.195. The van der Waals surface area contributed by atoms with Crippen molar-refractivity contribution < 1.29 is 19.3 Å². The molecule has 3 aliphatic carbocycles. The summed E-state index contributed by atoms with van der Waals surface area (Å²) in [7, 11) is 1.71. The van der Waals surface area contributed by atoms with Crippen LogP contribution in [0, 0.1) is 16.7 Å². The van der Waals surface area contributed by atoms with E-state index in [9.17, 15) is 5.11 Å². The fraction of sp³-hybridized carbons (Fsp3) is 0.641. The lowest BCUT2D eigenvalue weighted by Crippen LogP contribution is -2.44. The van der Waals surface area contributed by atoms with E-state index >= 15 is 0 Å². The molecule has 2 saturated carbocycles. The first-order chi connectivity index (χ1) is 21.7. The van der Waals surface area contributed by atoms with E-state index in [-0.39, 0.29) is 11.5 Å². The molecule has 0 amide bonds. The van der Waals surface area contributed by atoms with Gasteiger partial charge in [0.1, 0.15) is 11.9 Å². The van der Waals surface area contributed by atoms with Crippen LogP contribution in [0.15, 0.2) is 48.6 Å². The van der Waals surface area contributed by atoms with Crippen molar-refractivity contribution in [1.29, 1.82) is 0 Å². The SMILES string of the molecule is COc1ccc2c3c1O[C@H]1C[C@@H](O)C=C[C@@]31CCN(CCCCCCOc1ccc(CNC3CC4CCC3(C)C4(C)C)cc1)C2. The van der Waals surface area contributed by atoms with Crippen LogP contribution in [0.25, 0.3) is 0 Å². The Labute approximate surface area is 270 Å². The van der Waals surface area contributed by atoms with Crippen LogP contribution >= 0.6 is 0 Å². The standard InChI is InChI=1S/C39H54N2O4/c1-37(2)29-15-17-38(37,3)33(23-29)40-25-27-9-12-31(13-10-27)44-22-8-6-5-7-20-41-21-19-39-18-16-30(42)24-34(39)45-36-32(43-4)14-11-28(26-41)35(36)39/h9-14,16,18,29-30,33-34,40,42H,5-8,15,17,19-26H2,1-4H3/t29?,30-,33?,34-,38?,39-/m0/s1. The van der Waals surface area contributed by atoms with Crippen molar-refractivity contribution in [3.05, 3.63) is 65.2 Å². The Kier molecular flexibility index (Phi) is 8.45. The average Bonchev–Trinajstić information content (AvgIpc) is 3.49. The molecule has 2 aromatic carbocycles. The van der Waals surface area contributed by atoms with Crippen LogP contribution in [-0.2, 0) is 18.5 Å². The van der Waals surface area contributed by atoms with Crippen molar-refractivity contribution in [3.63, 3.8) is 0 Å². The fourth-order valence-electron chi connectivity index (χ4n) is 9.62. The Balaban J connectivity index is 0.832. The minimum Gasteiger partial charge on any atom is -0.494 e. The van der Waals surface area contributed by atoms with Crippen LogP contribution in [0.5, 0.6) is 17.2 Å². The number of unbranched alkanes of at least 4 members (excludes halogenated alkanes) is 3. The molecular formula is C39H54N2O4. The zero-order chi connectivity index (χ0) is 31.2. The number of aliphatic hydroxyl groups excluding tert-OH is 1. The van der Waals surface area contributed by atoms with Gasteiger partial charge in [-0.15, -0.1) is 0 Å². The van der Waals surface area contributed by atoms with E-state index in [0.717, 1.165) is 68.8 Å². The highest BCUT2D eigenvalue weighted by atomic mass is 16.5. The minimum atomic E-state index is -0.442. The van der Waals surface area contributed by atoms with Gasteiger partial charge >= 0.3 is 0 Å². The maximum Gasteiger partial charge on any atom is 0.166 e. The summed E-state index contributed by atoms with van der Waals surface area (Å²) in [5.74, 6) is 3.55. The first-order valence-electron chi connectivity index (χ1n) is 17.7. The van der Waals surface area contributed by atoms with Crippen molar-refractivity contribution in [2.24, 2.45) is 16.7 Å². The number of methoxy groups -OCH3 is 1. The van der Waals surface area contributed by atoms with Crippen molar-refractivity contribution >= 4 is 0 Å². The Morgan fingerprint density at radius 2 is 1.82 bits per heavy atom. The van der Waals surface area contributed by atoms with Gasteiger partial charge in [-0.25, -0.2) is 0 Å². The molecule has 45 heavy (non-hydrogen) atoms. The highest BCUT2D eigenvalue weighted by Gasteiger charge is 2.61. The molecule has 3 unspecified atom stereocenters. The molecule has 0 saturated heterocycles. The Bertz CT molecular complexity index is 1390. The van der Waals surface area contributed by atoms with E-state index in [2.05, 4.69) is 67.4 Å². The summed E-state index contributed by atoms with van der Waals surface area (Å²) >= 11 is 0. The second kappa shape index (κ2) is 12.2. The lowest BCUT2D eigenvalue weighted by atomic mass is 9.69. The molecule has 2 fully saturated rings. The predicted molar refractivity (Wildman–Crippen MR) is 179 cm³/mol. The van der Waals surface area contributed by atoms with Crippen molar-refractivity contribution in [3.8, 4) is 17.2 Å². The van der Waals surface area contributed by atoms with Crippen LogP contribution in [0.2, 0.25) is 0 Å². The summed E-state index contributed by atoms with van der Waals surface area (Å²) in [5.41, 5.74) is 4.68.